The van der Waals surface area contributed by atoms with Gasteiger partial charge in [-0.2, -0.15) is 4.68 Å². The zero-order valence-electron chi connectivity index (χ0n) is 19.2. The highest BCUT2D eigenvalue weighted by Crippen LogP contribution is 2.32. The van der Waals surface area contributed by atoms with Crippen LogP contribution < -0.4 is 10.2 Å². The van der Waals surface area contributed by atoms with Gasteiger partial charge in [-0.3, -0.25) is 9.69 Å². The van der Waals surface area contributed by atoms with E-state index in [-0.39, 0.29) is 41.6 Å². The molecule has 2 aromatic carbocycles. The Balaban J connectivity index is 1.38. The largest absolute Gasteiger partial charge is 0.442 e. The monoisotopic (exact) mass is 509 g/mol. The summed E-state index contributed by atoms with van der Waals surface area (Å²) in [5.41, 5.74) is 0.343. The van der Waals surface area contributed by atoms with E-state index in [0.717, 1.165) is 17.0 Å². The van der Waals surface area contributed by atoms with Crippen molar-refractivity contribution >= 4 is 17.7 Å². The number of nitrogens with one attached hydrogen (secondary N) is 1. The van der Waals surface area contributed by atoms with Crippen molar-refractivity contribution in [2.45, 2.75) is 13.0 Å². The summed E-state index contributed by atoms with van der Waals surface area (Å²) >= 11 is 0. The first-order valence-electron chi connectivity index (χ1n) is 11.0. The summed E-state index contributed by atoms with van der Waals surface area (Å²) in [5.74, 6) is -1.94. The van der Waals surface area contributed by atoms with E-state index in [1.807, 2.05) is 0 Å². The highest BCUT2D eigenvalue weighted by atomic mass is 19.1. The number of nitrogens with zero attached hydrogens (tertiary/aromatic N) is 6. The lowest BCUT2D eigenvalue weighted by Crippen LogP contribution is -2.33. The third-order valence-electron chi connectivity index (χ3n) is 5.62. The molecule has 37 heavy (non-hydrogen) atoms. The molecular weight excluding hydrogens is 491 g/mol. The number of aromatic nitrogens is 5. The van der Waals surface area contributed by atoms with Crippen LogP contribution in [0.3, 0.4) is 0 Å². The molecule has 0 spiro atoms. The molecule has 1 aliphatic rings. The molecule has 188 valence electrons. The number of amides is 2. The number of anilines is 1. The van der Waals surface area contributed by atoms with Crippen LogP contribution in [0.4, 0.5) is 23.7 Å². The maximum absolute atomic E-state index is 15.0. The third-order valence-corrected chi connectivity index (χ3v) is 5.62. The lowest BCUT2D eigenvalue weighted by Gasteiger charge is -2.15. The molecule has 0 aliphatic carbocycles. The highest BCUT2D eigenvalue weighted by Gasteiger charge is 2.33. The highest BCUT2D eigenvalue weighted by molar-refractivity contribution is 5.90. The first-order valence-corrected chi connectivity index (χ1v) is 11.0. The molecule has 4 aromatic rings. The van der Waals surface area contributed by atoms with Crippen LogP contribution >= 0.6 is 0 Å². The first-order chi connectivity index (χ1) is 17.8. The molecule has 0 unspecified atom stereocenters. The molecule has 1 fully saturated rings. The minimum atomic E-state index is -0.905. The van der Waals surface area contributed by atoms with E-state index in [2.05, 4.69) is 25.8 Å². The van der Waals surface area contributed by atoms with Gasteiger partial charge in [-0.15, -0.1) is 5.10 Å². The Labute approximate surface area is 207 Å². The number of rotatable bonds is 6. The zero-order valence-corrected chi connectivity index (χ0v) is 19.2. The molecule has 1 atom stereocenters. The van der Waals surface area contributed by atoms with Gasteiger partial charge in [-0.05, 0) is 59.0 Å². The summed E-state index contributed by atoms with van der Waals surface area (Å²) in [5, 5.41) is 14.0. The Morgan fingerprint density at radius 2 is 1.78 bits per heavy atom. The number of carbonyl (C=O) groups excluding carboxylic acids is 2. The number of benzene rings is 2. The third kappa shape index (κ3) is 4.83. The Kier molecular flexibility index (Phi) is 6.26. The number of tetrazole rings is 1. The van der Waals surface area contributed by atoms with Crippen molar-refractivity contribution in [3.63, 3.8) is 0 Å². The molecule has 0 saturated carbocycles. The molecule has 0 bridgehead atoms. The van der Waals surface area contributed by atoms with Gasteiger partial charge in [0.2, 0.25) is 5.91 Å². The Hall–Kier alpha value is -4.81. The number of halogens is 3. The topological polar surface area (TPSA) is 115 Å². The summed E-state index contributed by atoms with van der Waals surface area (Å²) in [6.45, 7) is 1.44. The van der Waals surface area contributed by atoms with Gasteiger partial charge in [0, 0.05) is 24.2 Å². The van der Waals surface area contributed by atoms with E-state index in [9.17, 15) is 14.0 Å². The molecule has 1 aliphatic heterocycles. The molecule has 0 radical (unpaired) electrons. The van der Waals surface area contributed by atoms with Gasteiger partial charge in [-0.1, -0.05) is 0 Å². The van der Waals surface area contributed by atoms with Crippen molar-refractivity contribution in [1.29, 1.82) is 0 Å². The predicted molar refractivity (Wildman–Crippen MR) is 124 cm³/mol. The second-order valence-corrected chi connectivity index (χ2v) is 8.16. The summed E-state index contributed by atoms with van der Waals surface area (Å²) in [6.07, 6.45) is -0.156. The van der Waals surface area contributed by atoms with Gasteiger partial charge in [0.15, 0.2) is 11.6 Å². The van der Waals surface area contributed by atoms with Crippen LogP contribution in [0.15, 0.2) is 54.7 Å². The summed E-state index contributed by atoms with van der Waals surface area (Å²) < 4.78 is 49.8. The molecule has 2 amide bonds. The molecule has 1 saturated heterocycles. The second kappa shape index (κ2) is 9.68. The van der Waals surface area contributed by atoms with Gasteiger partial charge in [0.25, 0.3) is 0 Å². The van der Waals surface area contributed by atoms with E-state index in [0.29, 0.717) is 11.4 Å². The standard InChI is InChI=1S/C24H18F3N7O3/c1-13(35)28-11-18-12-33(24(36)37-18)17-8-19(26)22(20(27)9-17)15-4-7-21(29-10-15)34-23(30-31-32-34)14-2-5-16(25)6-3-14/h2-10,18H,11-12H2,1H3,(H,28,35)/t18-/m0/s1. The van der Waals surface area contributed by atoms with Crippen molar-refractivity contribution in [2.24, 2.45) is 0 Å². The van der Waals surface area contributed by atoms with Gasteiger partial charge >= 0.3 is 6.09 Å². The van der Waals surface area contributed by atoms with E-state index < -0.39 is 29.6 Å². The number of ether oxygens (including phenoxy) is 1. The van der Waals surface area contributed by atoms with E-state index in [1.165, 1.54) is 54.2 Å². The summed E-state index contributed by atoms with van der Waals surface area (Å²) in [6, 6.07) is 10.6. The van der Waals surface area contributed by atoms with Gasteiger partial charge in [0.1, 0.15) is 23.6 Å². The minimum Gasteiger partial charge on any atom is -0.442 e. The lowest BCUT2D eigenvalue weighted by molar-refractivity contribution is -0.119. The molecule has 10 nitrogen and oxygen atoms in total. The van der Waals surface area contributed by atoms with Crippen LogP contribution in [0.2, 0.25) is 0 Å². The summed E-state index contributed by atoms with van der Waals surface area (Å²) in [7, 11) is 0. The van der Waals surface area contributed by atoms with Crippen molar-refractivity contribution in [3.05, 3.63) is 72.2 Å². The summed E-state index contributed by atoms with van der Waals surface area (Å²) in [4.78, 5) is 28.6. The Morgan fingerprint density at radius 1 is 1.08 bits per heavy atom. The van der Waals surface area contributed by atoms with Gasteiger partial charge in [0.05, 0.1) is 24.3 Å². The maximum Gasteiger partial charge on any atom is 0.414 e. The normalized spacial score (nSPS) is 15.1. The van der Waals surface area contributed by atoms with Crippen LogP contribution in [-0.4, -0.2) is 56.4 Å². The van der Waals surface area contributed by atoms with Crippen LogP contribution in [-0.2, 0) is 9.53 Å². The van der Waals surface area contributed by atoms with Gasteiger partial charge in [-0.25, -0.2) is 22.9 Å². The van der Waals surface area contributed by atoms with Gasteiger partial charge < -0.3 is 10.1 Å². The molecule has 5 rings (SSSR count). The molecule has 3 heterocycles. The molecule has 1 N–H and O–H groups in total. The minimum absolute atomic E-state index is 0.0173. The Morgan fingerprint density at radius 3 is 2.43 bits per heavy atom. The van der Waals surface area contributed by atoms with E-state index >= 15 is 8.78 Å². The number of pyridine rings is 1. The van der Waals surface area contributed by atoms with Crippen molar-refractivity contribution in [1.82, 2.24) is 30.5 Å². The fourth-order valence-corrected chi connectivity index (χ4v) is 3.87. The molecule has 2 aromatic heterocycles. The lowest BCUT2D eigenvalue weighted by atomic mass is 10.1. The van der Waals surface area contributed by atoms with Crippen molar-refractivity contribution in [3.8, 4) is 28.3 Å². The first kappa shape index (κ1) is 23.9. The van der Waals surface area contributed by atoms with Crippen molar-refractivity contribution < 1.29 is 27.5 Å². The van der Waals surface area contributed by atoms with Crippen LogP contribution in [0, 0.1) is 17.5 Å². The maximum atomic E-state index is 15.0. The fraction of sp³-hybridized carbons (Fsp3) is 0.167. The number of cyclic esters (lactones) is 1. The molecule has 13 heteroatoms. The van der Waals surface area contributed by atoms with Crippen LogP contribution in [0.1, 0.15) is 6.92 Å². The van der Waals surface area contributed by atoms with Crippen LogP contribution in [0.25, 0.3) is 28.3 Å². The van der Waals surface area contributed by atoms with E-state index in [4.69, 9.17) is 4.74 Å². The van der Waals surface area contributed by atoms with Crippen molar-refractivity contribution in [2.75, 3.05) is 18.0 Å². The Bertz CT molecular complexity index is 1450. The number of hydrogen-bond donors (Lipinski definition) is 1. The number of carbonyl (C=O) groups is 2. The predicted octanol–water partition coefficient (Wildman–Crippen LogP) is 3.27. The number of hydrogen-bond acceptors (Lipinski definition) is 7. The van der Waals surface area contributed by atoms with Crippen LogP contribution in [0.5, 0.6) is 0 Å². The molecular formula is C24H18F3N7O3. The SMILES string of the molecule is CC(=O)NC[C@H]1CN(c2cc(F)c(-c3ccc(-n4nnnc4-c4ccc(F)cc4)nc3)c(F)c2)C(=O)O1. The smallest absolute Gasteiger partial charge is 0.414 e. The fourth-order valence-electron chi connectivity index (χ4n) is 3.87. The average molecular weight is 509 g/mol. The average Bonchev–Trinajstić information content (AvgIpc) is 3.50. The van der Waals surface area contributed by atoms with E-state index in [1.54, 1.807) is 0 Å². The quantitative estimate of drug-likeness (QED) is 0.424. The second-order valence-electron chi connectivity index (χ2n) is 8.16. The zero-order chi connectivity index (χ0) is 26.1.